The molecule has 13 heavy (non-hydrogen) atoms. The van der Waals surface area contributed by atoms with Crippen LogP contribution in [0.2, 0.25) is 0 Å². The van der Waals surface area contributed by atoms with Gasteiger partial charge in [-0.3, -0.25) is 0 Å². The number of rotatable bonds is 4. The molecular formula is C11H16FN. The number of nitrogens with two attached hydrogens (primary N) is 1. The molecule has 1 rings (SSSR count). The van der Waals surface area contributed by atoms with Crippen LogP contribution in [0.4, 0.5) is 4.39 Å². The highest BCUT2D eigenvalue weighted by Gasteiger charge is 2.29. The molecule has 0 bridgehead atoms. The third-order valence-corrected chi connectivity index (χ3v) is 2.18. The van der Waals surface area contributed by atoms with Gasteiger partial charge in [0, 0.05) is 6.54 Å². The molecule has 1 aliphatic rings. The zero-order valence-corrected chi connectivity index (χ0v) is 8.02. The Bertz CT molecular complexity index is 259. The van der Waals surface area contributed by atoms with E-state index in [1.165, 1.54) is 6.08 Å². The lowest BCUT2D eigenvalue weighted by molar-refractivity contribution is 0.644. The molecule has 0 atom stereocenters. The Morgan fingerprint density at radius 3 is 2.62 bits per heavy atom. The molecule has 0 heterocycles. The first kappa shape index (κ1) is 10.2. The van der Waals surface area contributed by atoms with E-state index in [1.807, 2.05) is 0 Å². The van der Waals surface area contributed by atoms with Crippen molar-refractivity contribution in [1.82, 2.24) is 0 Å². The minimum atomic E-state index is -0.166. The maximum atomic E-state index is 13.5. The van der Waals surface area contributed by atoms with E-state index in [4.69, 9.17) is 5.73 Å². The average molecular weight is 181 g/mol. The summed E-state index contributed by atoms with van der Waals surface area (Å²) < 4.78 is 13.5. The van der Waals surface area contributed by atoms with Gasteiger partial charge in [-0.1, -0.05) is 12.7 Å². The summed E-state index contributed by atoms with van der Waals surface area (Å²) in [6, 6.07) is 0. The largest absolute Gasteiger partial charge is 0.327 e. The normalized spacial score (nSPS) is 19.0. The molecule has 72 valence electrons. The Kier molecular flexibility index (Phi) is 3.43. The van der Waals surface area contributed by atoms with Gasteiger partial charge in [0.05, 0.1) is 0 Å². The van der Waals surface area contributed by atoms with Crippen molar-refractivity contribution >= 4 is 0 Å². The van der Waals surface area contributed by atoms with Crippen LogP contribution in [0.25, 0.3) is 0 Å². The second-order valence-electron chi connectivity index (χ2n) is 3.34. The SMILES string of the molecule is C=C(CN)/C(=C(F)\C=C/C)C1CC1. The molecule has 1 fully saturated rings. The number of hydrogen-bond acceptors (Lipinski definition) is 1. The fourth-order valence-corrected chi connectivity index (χ4v) is 1.37. The van der Waals surface area contributed by atoms with Gasteiger partial charge < -0.3 is 5.73 Å². The van der Waals surface area contributed by atoms with Crippen molar-refractivity contribution in [1.29, 1.82) is 0 Å². The van der Waals surface area contributed by atoms with Crippen molar-refractivity contribution < 1.29 is 4.39 Å². The summed E-state index contributed by atoms with van der Waals surface area (Å²) in [4.78, 5) is 0. The highest BCUT2D eigenvalue weighted by Crippen LogP contribution is 2.41. The van der Waals surface area contributed by atoms with Crippen LogP contribution < -0.4 is 5.73 Å². The van der Waals surface area contributed by atoms with E-state index >= 15 is 0 Å². The van der Waals surface area contributed by atoms with Crippen LogP contribution in [0.3, 0.4) is 0 Å². The van der Waals surface area contributed by atoms with E-state index in [1.54, 1.807) is 13.0 Å². The zero-order chi connectivity index (χ0) is 9.84. The molecular weight excluding hydrogens is 165 g/mol. The predicted octanol–water partition coefficient (Wildman–Crippen LogP) is 2.71. The van der Waals surface area contributed by atoms with Gasteiger partial charge in [-0.2, -0.15) is 0 Å². The molecule has 0 aliphatic heterocycles. The highest BCUT2D eigenvalue weighted by atomic mass is 19.1. The lowest BCUT2D eigenvalue weighted by Crippen LogP contribution is -2.06. The lowest BCUT2D eigenvalue weighted by Gasteiger charge is -2.07. The van der Waals surface area contributed by atoms with Gasteiger partial charge in [0.1, 0.15) is 5.83 Å². The molecule has 0 aromatic rings. The predicted molar refractivity (Wildman–Crippen MR) is 53.9 cm³/mol. The Morgan fingerprint density at radius 2 is 2.23 bits per heavy atom. The zero-order valence-electron chi connectivity index (χ0n) is 8.02. The van der Waals surface area contributed by atoms with Gasteiger partial charge in [0.2, 0.25) is 0 Å². The van der Waals surface area contributed by atoms with Gasteiger partial charge in [0.25, 0.3) is 0 Å². The topological polar surface area (TPSA) is 26.0 Å². The number of halogens is 1. The van der Waals surface area contributed by atoms with Gasteiger partial charge in [0.15, 0.2) is 0 Å². The van der Waals surface area contributed by atoms with Crippen molar-refractivity contribution in [3.63, 3.8) is 0 Å². The summed E-state index contributed by atoms with van der Waals surface area (Å²) in [5, 5.41) is 0. The van der Waals surface area contributed by atoms with Crippen LogP contribution in [0.15, 0.2) is 35.7 Å². The molecule has 1 nitrogen and oxygen atoms in total. The van der Waals surface area contributed by atoms with E-state index in [0.29, 0.717) is 12.5 Å². The number of allylic oxidation sites excluding steroid dienone is 3. The molecule has 1 aliphatic carbocycles. The third kappa shape index (κ3) is 2.52. The van der Waals surface area contributed by atoms with Crippen LogP contribution in [-0.2, 0) is 0 Å². The summed E-state index contributed by atoms with van der Waals surface area (Å²) in [6.07, 6.45) is 5.31. The van der Waals surface area contributed by atoms with Crippen molar-refractivity contribution in [2.45, 2.75) is 19.8 Å². The van der Waals surface area contributed by atoms with Gasteiger partial charge >= 0.3 is 0 Å². The van der Waals surface area contributed by atoms with Crippen LogP contribution in [0.5, 0.6) is 0 Å². The van der Waals surface area contributed by atoms with Crippen LogP contribution in [-0.4, -0.2) is 6.54 Å². The molecule has 0 aromatic heterocycles. The minimum absolute atomic E-state index is 0.166. The molecule has 0 spiro atoms. The maximum Gasteiger partial charge on any atom is 0.126 e. The smallest absolute Gasteiger partial charge is 0.126 e. The summed E-state index contributed by atoms with van der Waals surface area (Å²) in [7, 11) is 0. The Morgan fingerprint density at radius 1 is 1.62 bits per heavy atom. The summed E-state index contributed by atoms with van der Waals surface area (Å²) in [5.41, 5.74) is 6.92. The Labute approximate surface area is 78.8 Å². The van der Waals surface area contributed by atoms with Gasteiger partial charge in [-0.15, -0.1) is 0 Å². The van der Waals surface area contributed by atoms with Crippen LogP contribution in [0, 0.1) is 5.92 Å². The summed E-state index contributed by atoms with van der Waals surface area (Å²) in [5.74, 6) is 0.202. The molecule has 0 saturated heterocycles. The maximum absolute atomic E-state index is 13.5. The fourth-order valence-electron chi connectivity index (χ4n) is 1.37. The van der Waals surface area contributed by atoms with E-state index in [2.05, 4.69) is 6.58 Å². The molecule has 2 heteroatoms. The molecule has 0 amide bonds. The fraction of sp³-hybridized carbons (Fsp3) is 0.455. The summed E-state index contributed by atoms with van der Waals surface area (Å²) >= 11 is 0. The summed E-state index contributed by atoms with van der Waals surface area (Å²) in [6.45, 7) is 5.93. The molecule has 0 radical (unpaired) electrons. The Balaban J connectivity index is 2.88. The first-order valence-electron chi connectivity index (χ1n) is 4.61. The average Bonchev–Trinajstić information content (AvgIpc) is 2.89. The second-order valence-corrected chi connectivity index (χ2v) is 3.34. The molecule has 2 N–H and O–H groups in total. The standard InChI is InChI=1S/C11H16FN/c1-3-4-10(12)11(8(2)7-13)9-5-6-9/h3-4,9H,2,5-7,13H2,1H3/b4-3-,11-10-. The monoisotopic (exact) mass is 181 g/mol. The third-order valence-electron chi connectivity index (χ3n) is 2.18. The van der Waals surface area contributed by atoms with E-state index < -0.39 is 0 Å². The first-order valence-corrected chi connectivity index (χ1v) is 4.61. The van der Waals surface area contributed by atoms with E-state index in [0.717, 1.165) is 24.0 Å². The Hall–Kier alpha value is -0.890. The minimum Gasteiger partial charge on any atom is -0.327 e. The molecule has 0 unspecified atom stereocenters. The highest BCUT2D eigenvalue weighted by molar-refractivity contribution is 5.40. The van der Waals surface area contributed by atoms with Crippen molar-refractivity contribution in [2.24, 2.45) is 11.7 Å². The van der Waals surface area contributed by atoms with Crippen molar-refractivity contribution in [2.75, 3.05) is 6.54 Å². The number of hydrogen-bond donors (Lipinski definition) is 1. The van der Waals surface area contributed by atoms with Crippen LogP contribution in [0.1, 0.15) is 19.8 Å². The second kappa shape index (κ2) is 4.38. The van der Waals surface area contributed by atoms with Crippen molar-refractivity contribution in [3.05, 3.63) is 35.7 Å². The van der Waals surface area contributed by atoms with Crippen LogP contribution >= 0.6 is 0 Å². The first-order chi connectivity index (χ1) is 6.20. The van der Waals surface area contributed by atoms with Gasteiger partial charge in [-0.05, 0) is 42.9 Å². The van der Waals surface area contributed by atoms with Crippen molar-refractivity contribution in [3.8, 4) is 0 Å². The van der Waals surface area contributed by atoms with E-state index in [9.17, 15) is 4.39 Å². The molecule has 1 saturated carbocycles. The van der Waals surface area contributed by atoms with E-state index in [-0.39, 0.29) is 5.83 Å². The van der Waals surface area contributed by atoms with Gasteiger partial charge in [-0.25, -0.2) is 4.39 Å². The lowest BCUT2D eigenvalue weighted by atomic mass is 10.0. The molecule has 0 aromatic carbocycles. The quantitative estimate of drug-likeness (QED) is 0.663.